The molecule has 2 fully saturated rings. The van der Waals surface area contributed by atoms with E-state index >= 15 is 0 Å². The summed E-state index contributed by atoms with van der Waals surface area (Å²) in [4.78, 5) is 23.8. The Hall–Kier alpha value is -1.84. The predicted octanol–water partition coefficient (Wildman–Crippen LogP) is 2.34. The molecule has 1 atom stereocenters. The highest BCUT2D eigenvalue weighted by Gasteiger charge is 2.55. The van der Waals surface area contributed by atoms with Crippen LogP contribution in [-0.2, 0) is 15.0 Å². The van der Waals surface area contributed by atoms with Gasteiger partial charge in [0.05, 0.1) is 0 Å². The Bertz CT molecular complexity index is 557. The van der Waals surface area contributed by atoms with Crippen molar-refractivity contribution in [1.29, 1.82) is 0 Å². The zero-order valence-electron chi connectivity index (χ0n) is 12.3. The third-order valence-corrected chi connectivity index (χ3v) is 5.19. The number of carbonyl (C=O) groups excluding carboxylic acids is 1. The molecule has 2 N–H and O–H groups in total. The Kier molecular flexibility index (Phi) is 3.27. The molecule has 112 valence electrons. The van der Waals surface area contributed by atoms with Gasteiger partial charge in [-0.2, -0.15) is 0 Å². The lowest BCUT2D eigenvalue weighted by molar-refractivity contribution is -0.143. The average Bonchev–Trinajstić information content (AvgIpc) is 3.24. The van der Waals surface area contributed by atoms with Gasteiger partial charge in [0.1, 0.15) is 5.41 Å². The Morgan fingerprint density at radius 1 is 1.29 bits per heavy atom. The van der Waals surface area contributed by atoms with Gasteiger partial charge in [-0.05, 0) is 43.6 Å². The summed E-state index contributed by atoms with van der Waals surface area (Å²) in [6.07, 6.45) is 4.48. The molecule has 2 aliphatic rings. The number of carboxylic acid groups (broad SMARTS) is 1. The number of aliphatic carboxylic acids is 1. The third-order valence-electron chi connectivity index (χ3n) is 5.19. The minimum atomic E-state index is -1.09. The van der Waals surface area contributed by atoms with Crippen molar-refractivity contribution >= 4 is 11.9 Å². The molecule has 0 aromatic heterocycles. The summed E-state index contributed by atoms with van der Waals surface area (Å²) in [6.45, 7) is 1.79. The average molecular weight is 287 g/mol. The number of carboxylic acids is 1. The van der Waals surface area contributed by atoms with E-state index in [9.17, 15) is 14.7 Å². The lowest BCUT2D eigenvalue weighted by Crippen LogP contribution is -2.48. The first-order chi connectivity index (χ1) is 9.95. The maximum Gasteiger partial charge on any atom is 0.315 e. The molecule has 0 radical (unpaired) electrons. The smallest absolute Gasteiger partial charge is 0.315 e. The Morgan fingerprint density at radius 2 is 1.90 bits per heavy atom. The molecule has 1 aromatic carbocycles. The molecule has 1 spiro atoms. The molecule has 4 heteroatoms. The topological polar surface area (TPSA) is 66.4 Å². The largest absolute Gasteiger partial charge is 0.481 e. The van der Waals surface area contributed by atoms with Crippen molar-refractivity contribution in [2.75, 3.05) is 6.54 Å². The lowest BCUT2D eigenvalue weighted by atomic mass is 9.71. The van der Waals surface area contributed by atoms with Crippen molar-refractivity contribution in [3.05, 3.63) is 35.9 Å². The van der Waals surface area contributed by atoms with Crippen molar-refractivity contribution in [3.8, 4) is 0 Å². The summed E-state index contributed by atoms with van der Waals surface area (Å²) in [7, 11) is 0. The van der Waals surface area contributed by atoms with E-state index in [4.69, 9.17) is 0 Å². The van der Waals surface area contributed by atoms with Crippen LogP contribution < -0.4 is 5.32 Å². The summed E-state index contributed by atoms with van der Waals surface area (Å²) in [5.41, 5.74) is 0.111. The molecular weight excluding hydrogens is 266 g/mol. The summed E-state index contributed by atoms with van der Waals surface area (Å²) >= 11 is 0. The SMILES string of the molecule is CC(CNC(=O)C1CC2(CC2)C1)(C(=O)O)c1ccccc1. The van der Waals surface area contributed by atoms with Crippen LogP contribution in [0.2, 0.25) is 0 Å². The maximum atomic E-state index is 12.1. The van der Waals surface area contributed by atoms with E-state index in [0.29, 0.717) is 11.0 Å². The minimum absolute atomic E-state index is 0.0101. The Labute approximate surface area is 124 Å². The molecule has 2 aliphatic carbocycles. The third kappa shape index (κ3) is 2.55. The lowest BCUT2D eigenvalue weighted by Gasteiger charge is -2.35. The zero-order valence-corrected chi connectivity index (χ0v) is 12.3. The van der Waals surface area contributed by atoms with Crippen LogP contribution in [0.15, 0.2) is 30.3 Å². The number of nitrogens with one attached hydrogen (secondary N) is 1. The number of hydrogen-bond acceptors (Lipinski definition) is 2. The Balaban J connectivity index is 1.63. The van der Waals surface area contributed by atoms with E-state index in [1.807, 2.05) is 18.2 Å². The van der Waals surface area contributed by atoms with Crippen LogP contribution in [0.5, 0.6) is 0 Å². The van der Waals surface area contributed by atoms with E-state index in [2.05, 4.69) is 5.32 Å². The summed E-state index contributed by atoms with van der Waals surface area (Å²) in [6, 6.07) is 9.08. The van der Waals surface area contributed by atoms with Crippen LogP contribution in [0.3, 0.4) is 0 Å². The second kappa shape index (κ2) is 4.86. The molecule has 1 amide bonds. The quantitative estimate of drug-likeness (QED) is 0.873. The molecular formula is C17H21NO3. The van der Waals surface area contributed by atoms with Crippen molar-refractivity contribution in [1.82, 2.24) is 5.32 Å². The zero-order chi connectivity index (χ0) is 15.1. The van der Waals surface area contributed by atoms with Gasteiger partial charge >= 0.3 is 5.97 Å². The second-order valence-corrected chi connectivity index (χ2v) is 6.83. The van der Waals surface area contributed by atoms with Crippen molar-refractivity contribution in [2.24, 2.45) is 11.3 Å². The highest BCUT2D eigenvalue weighted by molar-refractivity contribution is 5.84. The van der Waals surface area contributed by atoms with Crippen molar-refractivity contribution in [3.63, 3.8) is 0 Å². The molecule has 4 nitrogen and oxygen atoms in total. The van der Waals surface area contributed by atoms with E-state index < -0.39 is 11.4 Å². The van der Waals surface area contributed by atoms with Gasteiger partial charge in [0.15, 0.2) is 0 Å². The predicted molar refractivity (Wildman–Crippen MR) is 78.8 cm³/mol. The van der Waals surface area contributed by atoms with Gasteiger partial charge in [-0.15, -0.1) is 0 Å². The second-order valence-electron chi connectivity index (χ2n) is 6.83. The molecule has 1 unspecified atom stereocenters. The molecule has 0 saturated heterocycles. The first-order valence-electron chi connectivity index (χ1n) is 7.52. The fourth-order valence-electron chi connectivity index (χ4n) is 3.27. The number of benzene rings is 1. The van der Waals surface area contributed by atoms with E-state index in [1.54, 1.807) is 19.1 Å². The van der Waals surface area contributed by atoms with Crippen LogP contribution in [0.4, 0.5) is 0 Å². The van der Waals surface area contributed by atoms with Crippen LogP contribution >= 0.6 is 0 Å². The summed E-state index contributed by atoms with van der Waals surface area (Å²) in [5, 5.41) is 12.4. The molecule has 1 aromatic rings. The van der Waals surface area contributed by atoms with E-state index in [0.717, 1.165) is 12.8 Å². The number of amides is 1. The van der Waals surface area contributed by atoms with Crippen LogP contribution in [0, 0.1) is 11.3 Å². The van der Waals surface area contributed by atoms with Gasteiger partial charge in [-0.3, -0.25) is 9.59 Å². The number of carbonyl (C=O) groups is 2. The Morgan fingerprint density at radius 3 is 2.43 bits per heavy atom. The monoisotopic (exact) mass is 287 g/mol. The molecule has 0 aliphatic heterocycles. The van der Waals surface area contributed by atoms with E-state index in [1.165, 1.54) is 12.8 Å². The first-order valence-corrected chi connectivity index (χ1v) is 7.52. The molecule has 21 heavy (non-hydrogen) atoms. The van der Waals surface area contributed by atoms with Crippen molar-refractivity contribution in [2.45, 2.75) is 38.0 Å². The van der Waals surface area contributed by atoms with Crippen LogP contribution in [0.1, 0.15) is 38.2 Å². The summed E-state index contributed by atoms with van der Waals surface area (Å²) in [5.74, 6) is -0.821. The van der Waals surface area contributed by atoms with Gasteiger partial charge < -0.3 is 10.4 Å². The number of rotatable bonds is 5. The van der Waals surface area contributed by atoms with Gasteiger partial charge in [-0.25, -0.2) is 0 Å². The first kappa shape index (κ1) is 14.1. The highest BCUT2D eigenvalue weighted by Crippen LogP contribution is 2.63. The fourth-order valence-corrected chi connectivity index (χ4v) is 3.27. The van der Waals surface area contributed by atoms with Gasteiger partial charge in [0.2, 0.25) is 5.91 Å². The summed E-state index contributed by atoms with van der Waals surface area (Å²) < 4.78 is 0. The number of hydrogen-bond donors (Lipinski definition) is 2. The fraction of sp³-hybridized carbons (Fsp3) is 0.529. The van der Waals surface area contributed by atoms with Gasteiger partial charge in [0.25, 0.3) is 0 Å². The maximum absolute atomic E-state index is 12.1. The molecule has 0 heterocycles. The van der Waals surface area contributed by atoms with Gasteiger partial charge in [0, 0.05) is 12.5 Å². The van der Waals surface area contributed by atoms with Crippen LogP contribution in [-0.4, -0.2) is 23.5 Å². The van der Waals surface area contributed by atoms with Crippen molar-refractivity contribution < 1.29 is 14.7 Å². The molecule has 2 saturated carbocycles. The highest BCUT2D eigenvalue weighted by atomic mass is 16.4. The molecule has 3 rings (SSSR count). The van der Waals surface area contributed by atoms with Gasteiger partial charge in [-0.1, -0.05) is 30.3 Å². The normalized spacial score (nSPS) is 22.1. The standard InChI is InChI=1S/C17H21NO3/c1-16(15(20)21,13-5-3-2-4-6-13)11-18-14(19)12-9-17(10-12)7-8-17/h2-6,12H,7-11H2,1H3,(H,18,19)(H,20,21). The van der Waals surface area contributed by atoms with E-state index in [-0.39, 0.29) is 18.4 Å². The van der Waals surface area contributed by atoms with Crippen LogP contribution in [0.25, 0.3) is 0 Å². The molecule has 0 bridgehead atoms. The minimum Gasteiger partial charge on any atom is -0.481 e.